The summed E-state index contributed by atoms with van der Waals surface area (Å²) in [6.07, 6.45) is 0.578. The fraction of sp³-hybridized carbons (Fsp3) is 0.733. The highest BCUT2D eigenvalue weighted by atomic mass is 16.4. The molecule has 0 heterocycles. The Morgan fingerprint density at radius 2 is 1.15 bits per heavy atom. The van der Waals surface area contributed by atoms with Crippen LogP contribution in [-0.4, -0.2) is 28.4 Å². The minimum atomic E-state index is -0.944. The van der Waals surface area contributed by atoms with E-state index in [1.807, 2.05) is 6.92 Å². The highest BCUT2D eigenvalue weighted by molar-refractivity contribution is 5.86. The first-order valence-corrected chi connectivity index (χ1v) is 6.48. The zero-order chi connectivity index (χ0) is 17.1. The summed E-state index contributed by atoms with van der Waals surface area (Å²) in [4.78, 5) is 40.7. The van der Waals surface area contributed by atoms with E-state index in [0.717, 1.165) is 0 Å². The molecule has 0 aliphatic rings. The molecule has 0 aliphatic heterocycles. The molecule has 20 heavy (non-hydrogen) atoms. The maximum Gasteiger partial charge on any atom is 0.309 e. The van der Waals surface area contributed by atoms with Crippen molar-refractivity contribution in [3.8, 4) is 0 Å². The number of aliphatic carboxylic acids is 1. The van der Waals surface area contributed by atoms with Gasteiger partial charge < -0.3 is 14.7 Å². The van der Waals surface area contributed by atoms with Crippen molar-refractivity contribution < 1.29 is 24.3 Å². The summed E-state index contributed by atoms with van der Waals surface area (Å²) in [6.45, 7) is 12.6. The molecule has 5 heteroatoms. The highest BCUT2D eigenvalue weighted by Gasteiger charge is 2.38. The molecular formula is C15H28O5. The van der Waals surface area contributed by atoms with Gasteiger partial charge in [-0.1, -0.05) is 6.92 Å². The normalized spacial score (nSPS) is 11.0. The number of Topliss-reactive ketones (excluding diaryl/α,β-unsaturated/α-hetero) is 3. The second-order valence-electron chi connectivity index (χ2n) is 5.41. The zero-order valence-corrected chi connectivity index (χ0v) is 13.9. The number of carboxylic acid groups (broad SMARTS) is 1. The van der Waals surface area contributed by atoms with E-state index in [-0.39, 0.29) is 23.3 Å². The molecule has 0 aromatic carbocycles. The minimum Gasteiger partial charge on any atom is -0.481 e. The summed E-state index contributed by atoms with van der Waals surface area (Å²) in [5.74, 6) is -1.01. The SMILES string of the molecule is CC(C)=O.CC(C)=O.CCC(C(C)=O)C(C)(C)C(=O)O. The molecule has 0 rings (SSSR count). The van der Waals surface area contributed by atoms with Crippen molar-refractivity contribution in [2.45, 2.75) is 61.8 Å². The van der Waals surface area contributed by atoms with Crippen LogP contribution in [0.3, 0.4) is 0 Å². The van der Waals surface area contributed by atoms with Crippen molar-refractivity contribution in [1.29, 1.82) is 0 Å². The average Bonchev–Trinajstić information content (AvgIpc) is 2.14. The number of hydrogen-bond acceptors (Lipinski definition) is 4. The van der Waals surface area contributed by atoms with Crippen molar-refractivity contribution >= 4 is 23.3 Å². The van der Waals surface area contributed by atoms with Gasteiger partial charge in [0.05, 0.1) is 5.41 Å². The molecule has 0 fully saturated rings. The fourth-order valence-corrected chi connectivity index (χ4v) is 1.45. The maximum absolute atomic E-state index is 11.1. The van der Waals surface area contributed by atoms with Crippen LogP contribution >= 0.6 is 0 Å². The lowest BCUT2D eigenvalue weighted by Crippen LogP contribution is -2.36. The first-order valence-electron chi connectivity index (χ1n) is 6.48. The predicted octanol–water partition coefficient (Wildman–Crippen LogP) is 2.90. The van der Waals surface area contributed by atoms with Crippen LogP contribution in [0.1, 0.15) is 61.8 Å². The van der Waals surface area contributed by atoms with Gasteiger partial charge in [-0.05, 0) is 54.9 Å². The Bertz CT molecular complexity index is 322. The molecule has 5 nitrogen and oxygen atoms in total. The monoisotopic (exact) mass is 288 g/mol. The number of carbonyl (C=O) groups is 4. The van der Waals surface area contributed by atoms with Gasteiger partial charge in [0.2, 0.25) is 0 Å². The fourth-order valence-electron chi connectivity index (χ4n) is 1.45. The topological polar surface area (TPSA) is 88.5 Å². The Balaban J connectivity index is -0.000000297. The lowest BCUT2D eigenvalue weighted by Gasteiger charge is -2.27. The predicted molar refractivity (Wildman–Crippen MR) is 78.6 cm³/mol. The standard InChI is InChI=1S/C9H16O3.2C3H6O/c1-5-7(6(2)10)9(3,4)8(11)12;2*1-3(2)4/h7H,5H2,1-4H3,(H,11,12);2*1-2H3. The number of ketones is 3. The van der Waals surface area contributed by atoms with Gasteiger partial charge in [-0.2, -0.15) is 0 Å². The minimum absolute atomic E-state index is 0.0510. The molecular weight excluding hydrogens is 260 g/mol. The molecule has 0 bridgehead atoms. The molecule has 0 radical (unpaired) electrons. The van der Waals surface area contributed by atoms with Crippen LogP contribution in [0.2, 0.25) is 0 Å². The van der Waals surface area contributed by atoms with Gasteiger partial charge in [0.25, 0.3) is 0 Å². The number of carboxylic acids is 1. The molecule has 0 saturated carbocycles. The van der Waals surface area contributed by atoms with E-state index in [2.05, 4.69) is 0 Å². The van der Waals surface area contributed by atoms with Crippen LogP contribution in [0.15, 0.2) is 0 Å². The van der Waals surface area contributed by atoms with Crippen LogP contribution in [-0.2, 0) is 19.2 Å². The molecule has 1 atom stereocenters. The third-order valence-corrected chi connectivity index (χ3v) is 2.32. The summed E-state index contributed by atoms with van der Waals surface area (Å²) < 4.78 is 0. The number of carbonyl (C=O) groups excluding carboxylic acids is 3. The highest BCUT2D eigenvalue weighted by Crippen LogP contribution is 2.30. The lowest BCUT2D eigenvalue weighted by molar-refractivity contribution is -0.153. The van der Waals surface area contributed by atoms with Gasteiger partial charge in [-0.25, -0.2) is 0 Å². The van der Waals surface area contributed by atoms with Crippen molar-refractivity contribution in [2.24, 2.45) is 11.3 Å². The van der Waals surface area contributed by atoms with Crippen LogP contribution in [0.25, 0.3) is 0 Å². The molecule has 1 N–H and O–H groups in total. The molecule has 0 aliphatic carbocycles. The molecule has 118 valence electrons. The van der Waals surface area contributed by atoms with E-state index >= 15 is 0 Å². The maximum atomic E-state index is 11.1. The van der Waals surface area contributed by atoms with Gasteiger partial charge in [-0.15, -0.1) is 0 Å². The summed E-state index contributed by atoms with van der Waals surface area (Å²) >= 11 is 0. The summed E-state index contributed by atoms with van der Waals surface area (Å²) in [6, 6.07) is 0. The smallest absolute Gasteiger partial charge is 0.309 e. The largest absolute Gasteiger partial charge is 0.481 e. The van der Waals surface area contributed by atoms with E-state index in [4.69, 9.17) is 5.11 Å². The van der Waals surface area contributed by atoms with Crippen LogP contribution in [0.5, 0.6) is 0 Å². The Morgan fingerprint density at radius 1 is 0.900 bits per heavy atom. The average molecular weight is 288 g/mol. The molecule has 0 spiro atoms. The van der Waals surface area contributed by atoms with Crippen LogP contribution in [0, 0.1) is 11.3 Å². The van der Waals surface area contributed by atoms with Crippen molar-refractivity contribution in [3.63, 3.8) is 0 Å². The Hall–Kier alpha value is -1.52. The van der Waals surface area contributed by atoms with Gasteiger partial charge >= 0.3 is 5.97 Å². The number of rotatable bonds is 4. The third-order valence-electron chi connectivity index (χ3n) is 2.32. The second-order valence-corrected chi connectivity index (χ2v) is 5.41. The van der Waals surface area contributed by atoms with Gasteiger partial charge in [-0.3, -0.25) is 9.59 Å². The Kier molecular flexibility index (Phi) is 13.3. The molecule has 0 saturated heterocycles. The second kappa shape index (κ2) is 11.3. The van der Waals surface area contributed by atoms with E-state index in [0.29, 0.717) is 6.42 Å². The quantitative estimate of drug-likeness (QED) is 0.859. The van der Waals surface area contributed by atoms with Gasteiger partial charge in [0.15, 0.2) is 0 Å². The van der Waals surface area contributed by atoms with Crippen molar-refractivity contribution in [2.75, 3.05) is 0 Å². The van der Waals surface area contributed by atoms with E-state index in [9.17, 15) is 19.2 Å². The lowest BCUT2D eigenvalue weighted by atomic mass is 9.75. The van der Waals surface area contributed by atoms with Gasteiger partial charge in [0, 0.05) is 5.92 Å². The first kappa shape index (κ1) is 23.6. The van der Waals surface area contributed by atoms with Crippen molar-refractivity contribution in [1.82, 2.24) is 0 Å². The summed E-state index contributed by atoms with van der Waals surface area (Å²) in [7, 11) is 0. The Morgan fingerprint density at radius 3 is 1.20 bits per heavy atom. The zero-order valence-electron chi connectivity index (χ0n) is 13.9. The summed E-state index contributed by atoms with van der Waals surface area (Å²) in [5.41, 5.74) is -0.944. The number of hydrogen-bond donors (Lipinski definition) is 1. The Labute approximate surface area is 121 Å². The third kappa shape index (κ3) is 14.5. The van der Waals surface area contributed by atoms with Crippen LogP contribution < -0.4 is 0 Å². The van der Waals surface area contributed by atoms with E-state index in [1.54, 1.807) is 13.8 Å². The molecule has 0 amide bonds. The van der Waals surface area contributed by atoms with Crippen LogP contribution in [0.4, 0.5) is 0 Å². The summed E-state index contributed by atoms with van der Waals surface area (Å²) in [5, 5.41) is 8.84. The molecule has 1 unspecified atom stereocenters. The van der Waals surface area contributed by atoms with E-state index in [1.165, 1.54) is 34.6 Å². The first-order chi connectivity index (χ1) is 8.80. The van der Waals surface area contributed by atoms with Gasteiger partial charge in [0.1, 0.15) is 17.3 Å². The van der Waals surface area contributed by atoms with E-state index < -0.39 is 11.4 Å². The molecule has 0 aromatic rings. The molecule has 0 aromatic heterocycles. The van der Waals surface area contributed by atoms with Crippen molar-refractivity contribution in [3.05, 3.63) is 0 Å².